The van der Waals surface area contributed by atoms with Gasteiger partial charge in [-0.3, -0.25) is 14.4 Å². The predicted molar refractivity (Wildman–Crippen MR) is 246 cm³/mol. The molecule has 0 spiro atoms. The number of hydrogen-bond acceptors (Lipinski definition) is 7. The highest BCUT2D eigenvalue weighted by Gasteiger charge is 2.15. The minimum atomic E-state index is -0.0722. The number of allylic oxidation sites excluding steroid dienone is 3. The van der Waals surface area contributed by atoms with Crippen LogP contribution < -0.4 is 0 Å². The minimum absolute atomic E-state index is 0.0151. The fourth-order valence-corrected chi connectivity index (χ4v) is 7.56. The molecule has 0 rings (SSSR count). The largest absolute Gasteiger partial charge is 0.466 e. The molecule has 0 radical (unpaired) electrons. The van der Waals surface area contributed by atoms with Crippen LogP contribution in [0.25, 0.3) is 0 Å². The van der Waals surface area contributed by atoms with Crippen LogP contribution in [-0.2, 0) is 28.6 Å². The van der Waals surface area contributed by atoms with E-state index in [9.17, 15) is 14.4 Å². The number of ether oxygens (including phenoxy) is 3. The topological polar surface area (TPSA) is 82.1 Å². The van der Waals surface area contributed by atoms with Crippen LogP contribution in [-0.4, -0.2) is 62.8 Å². The summed E-state index contributed by atoms with van der Waals surface area (Å²) in [5.41, 5.74) is 1.38. The lowest BCUT2D eigenvalue weighted by Gasteiger charge is -2.18. The van der Waals surface area contributed by atoms with Gasteiger partial charge in [0.2, 0.25) is 0 Å². The second-order valence-electron chi connectivity index (χ2n) is 17.3. The molecule has 0 aliphatic rings. The van der Waals surface area contributed by atoms with Crippen LogP contribution >= 0.6 is 0 Å². The van der Waals surface area contributed by atoms with E-state index >= 15 is 0 Å². The summed E-state index contributed by atoms with van der Waals surface area (Å²) in [4.78, 5) is 39.5. The smallest absolute Gasteiger partial charge is 0.306 e. The Kier molecular flexibility index (Phi) is 41.4. The second-order valence-corrected chi connectivity index (χ2v) is 17.3. The van der Waals surface area contributed by atoms with E-state index in [0.717, 1.165) is 122 Å². The van der Waals surface area contributed by atoms with Gasteiger partial charge in [-0.05, 0) is 97.2 Å². The van der Waals surface area contributed by atoms with E-state index < -0.39 is 0 Å². The molecule has 0 aromatic rings. The maximum atomic E-state index is 12.7. The number of nitrogens with zero attached hydrogens (tertiary/aromatic N) is 1. The third-order valence-corrected chi connectivity index (χ3v) is 11.3. The molecule has 340 valence electrons. The second kappa shape index (κ2) is 43.0. The Morgan fingerprint density at radius 1 is 0.483 bits per heavy atom. The third-order valence-electron chi connectivity index (χ3n) is 11.3. The van der Waals surface area contributed by atoms with E-state index in [1.54, 1.807) is 0 Å². The Morgan fingerprint density at radius 3 is 1.50 bits per heavy atom. The molecule has 58 heavy (non-hydrogen) atoms. The molecule has 0 saturated carbocycles. The molecule has 0 fully saturated rings. The van der Waals surface area contributed by atoms with Gasteiger partial charge in [-0.15, -0.1) is 0 Å². The van der Waals surface area contributed by atoms with Crippen molar-refractivity contribution >= 4 is 17.9 Å². The van der Waals surface area contributed by atoms with Gasteiger partial charge in [0, 0.05) is 25.7 Å². The molecule has 0 aromatic heterocycles. The minimum Gasteiger partial charge on any atom is -0.466 e. The molecule has 0 saturated heterocycles. The zero-order valence-corrected chi connectivity index (χ0v) is 39.2. The van der Waals surface area contributed by atoms with Gasteiger partial charge in [0.1, 0.15) is 6.10 Å². The molecule has 0 amide bonds. The first-order valence-electron chi connectivity index (χ1n) is 24.7. The van der Waals surface area contributed by atoms with Crippen molar-refractivity contribution < 1.29 is 28.6 Å². The van der Waals surface area contributed by atoms with Crippen molar-refractivity contribution in [3.8, 4) is 0 Å². The fraction of sp³-hybridized carbons (Fsp3) is 0.863. The Balaban J connectivity index is 4.36. The van der Waals surface area contributed by atoms with E-state index in [2.05, 4.69) is 50.8 Å². The Bertz CT molecular complexity index is 997. The number of carbonyl (C=O) groups is 3. The molecule has 1 atom stereocenters. The summed E-state index contributed by atoms with van der Waals surface area (Å²) in [6.07, 6.45) is 41.3. The number of hydrogen-bond donors (Lipinski definition) is 0. The van der Waals surface area contributed by atoms with Gasteiger partial charge in [-0.2, -0.15) is 0 Å². The molecule has 0 bridgehead atoms. The van der Waals surface area contributed by atoms with Crippen molar-refractivity contribution in [2.24, 2.45) is 5.92 Å². The molecule has 0 N–H and O–H groups in total. The monoisotopic (exact) mass is 818 g/mol. The van der Waals surface area contributed by atoms with Gasteiger partial charge in [-0.25, -0.2) is 0 Å². The average Bonchev–Trinajstić information content (AvgIpc) is 3.19. The summed E-state index contributed by atoms with van der Waals surface area (Å²) in [5.74, 6) is 0.507. The Hall–Kier alpha value is -2.15. The van der Waals surface area contributed by atoms with Gasteiger partial charge < -0.3 is 19.1 Å². The highest BCUT2D eigenvalue weighted by atomic mass is 16.5. The molecule has 0 aliphatic heterocycles. The van der Waals surface area contributed by atoms with E-state index in [0.29, 0.717) is 38.4 Å². The molecule has 7 heteroatoms. The van der Waals surface area contributed by atoms with Gasteiger partial charge in [0.15, 0.2) is 0 Å². The van der Waals surface area contributed by atoms with Crippen LogP contribution in [0.3, 0.4) is 0 Å². The van der Waals surface area contributed by atoms with Gasteiger partial charge in [-0.1, -0.05) is 167 Å². The van der Waals surface area contributed by atoms with Crippen LogP contribution in [0.2, 0.25) is 0 Å². The Morgan fingerprint density at radius 2 is 0.948 bits per heavy atom. The molecule has 0 aromatic carbocycles. The quantitative estimate of drug-likeness (QED) is 0.0262. The van der Waals surface area contributed by atoms with E-state index in [4.69, 9.17) is 14.2 Å². The van der Waals surface area contributed by atoms with E-state index in [-0.39, 0.29) is 24.0 Å². The number of esters is 3. The highest BCUT2D eigenvalue weighted by molar-refractivity contribution is 5.70. The summed E-state index contributed by atoms with van der Waals surface area (Å²) >= 11 is 0. The van der Waals surface area contributed by atoms with Crippen LogP contribution in [0, 0.1) is 5.92 Å². The zero-order valence-electron chi connectivity index (χ0n) is 39.2. The van der Waals surface area contributed by atoms with Crippen molar-refractivity contribution in [3.05, 3.63) is 23.8 Å². The summed E-state index contributed by atoms with van der Waals surface area (Å²) < 4.78 is 17.2. The normalized spacial score (nSPS) is 12.5. The van der Waals surface area contributed by atoms with Crippen molar-refractivity contribution in [1.82, 2.24) is 4.90 Å². The highest BCUT2D eigenvalue weighted by Crippen LogP contribution is 2.22. The molecule has 7 nitrogen and oxygen atoms in total. The van der Waals surface area contributed by atoms with Crippen molar-refractivity contribution in [3.63, 3.8) is 0 Å². The molecule has 0 heterocycles. The number of rotatable bonds is 43. The average molecular weight is 818 g/mol. The summed E-state index contributed by atoms with van der Waals surface area (Å²) in [5, 5.41) is 0. The summed E-state index contributed by atoms with van der Waals surface area (Å²) in [6, 6.07) is 0. The van der Waals surface area contributed by atoms with Crippen LogP contribution in [0.15, 0.2) is 23.8 Å². The van der Waals surface area contributed by atoms with E-state index in [1.165, 1.54) is 82.6 Å². The fourth-order valence-electron chi connectivity index (χ4n) is 7.56. The summed E-state index contributed by atoms with van der Waals surface area (Å²) in [7, 11) is 4.06. The number of carbonyl (C=O) groups excluding carboxylic acids is 3. The predicted octanol–water partition coefficient (Wildman–Crippen LogP) is 14.6. The van der Waals surface area contributed by atoms with Gasteiger partial charge >= 0.3 is 17.9 Å². The molecular formula is C51H95NO6. The lowest BCUT2D eigenvalue weighted by molar-refractivity contribution is -0.150. The first-order chi connectivity index (χ1) is 28.2. The van der Waals surface area contributed by atoms with Crippen molar-refractivity contribution in [1.29, 1.82) is 0 Å². The van der Waals surface area contributed by atoms with E-state index in [1.807, 2.05) is 14.1 Å². The molecule has 0 aliphatic carbocycles. The van der Waals surface area contributed by atoms with Crippen LogP contribution in [0.4, 0.5) is 0 Å². The van der Waals surface area contributed by atoms with Gasteiger partial charge in [0.25, 0.3) is 0 Å². The lowest BCUT2D eigenvalue weighted by atomic mass is 9.92. The van der Waals surface area contributed by atoms with Crippen molar-refractivity contribution in [2.75, 3.05) is 33.9 Å². The SMILES string of the molecule is CC/C=C/C=C(\CCCCCC)CCOC(=O)CCCCCCCCC(CCCCCCCC(=O)OCCC(CCCCC)CCCCC)OC(=O)CCCN(C)C. The van der Waals surface area contributed by atoms with Crippen molar-refractivity contribution in [2.45, 2.75) is 246 Å². The zero-order chi connectivity index (χ0) is 42.7. The number of unbranched alkanes of at least 4 members (excludes halogenated alkanes) is 16. The first kappa shape index (κ1) is 55.9. The maximum Gasteiger partial charge on any atom is 0.306 e. The molecular weight excluding hydrogens is 723 g/mol. The maximum absolute atomic E-state index is 12.7. The first-order valence-corrected chi connectivity index (χ1v) is 24.7. The third kappa shape index (κ3) is 39.3. The standard InChI is InChI=1S/C51H95NO6/c1-7-11-15-26-35-47(34-25-14-10-4)42-45-57-49(53)38-29-21-17-16-19-27-36-48(58-51(55)40-31-43-52(5)6)37-28-20-18-22-30-39-50(54)56-44-41-46(32-23-12-8-2)33-24-13-9-3/h14,25,34,46,48H,7-13,15-24,26-33,35-45H2,1-6H3/b25-14+,47-34+. The molecule has 1 unspecified atom stereocenters. The van der Waals surface area contributed by atoms with Gasteiger partial charge in [0.05, 0.1) is 13.2 Å². The van der Waals surface area contributed by atoms with Crippen LogP contribution in [0.5, 0.6) is 0 Å². The van der Waals surface area contributed by atoms with Crippen LogP contribution in [0.1, 0.15) is 240 Å². The Labute approximate surface area is 359 Å². The lowest BCUT2D eigenvalue weighted by Crippen LogP contribution is -2.20. The summed E-state index contributed by atoms with van der Waals surface area (Å²) in [6.45, 7) is 10.8.